The third-order valence-electron chi connectivity index (χ3n) is 1.49. The lowest BCUT2D eigenvalue weighted by Gasteiger charge is -2.20. The van der Waals surface area contributed by atoms with Crippen molar-refractivity contribution >= 4 is 27.7 Å². The Balaban J connectivity index is 3.28. The average Bonchev–Trinajstić information content (AvgIpc) is 1.89. The molecule has 0 aromatic rings. The molecule has 62 valence electrons. The summed E-state index contributed by atoms with van der Waals surface area (Å²) in [6.45, 7) is 6.82. The smallest absolute Gasteiger partial charge is 0.00829 e. The number of thioether (sulfide) groups is 1. The fourth-order valence-corrected chi connectivity index (χ4v) is 1.83. The monoisotopic (exact) mass is 224 g/mol. The molecular weight excluding hydrogens is 208 g/mol. The molecule has 0 aliphatic heterocycles. The maximum Gasteiger partial charge on any atom is 0.00829 e. The first kappa shape index (κ1) is 10.8. The molecule has 0 aromatic heterocycles. The van der Waals surface area contributed by atoms with Crippen LogP contribution in [0.5, 0.6) is 0 Å². The van der Waals surface area contributed by atoms with Gasteiger partial charge in [0.2, 0.25) is 0 Å². The molecule has 0 nitrogen and oxygen atoms in total. The van der Waals surface area contributed by atoms with Crippen molar-refractivity contribution in [1.82, 2.24) is 0 Å². The zero-order valence-corrected chi connectivity index (χ0v) is 9.52. The summed E-state index contributed by atoms with van der Waals surface area (Å²) in [5, 5.41) is 1.12. The maximum atomic E-state index is 3.51. The van der Waals surface area contributed by atoms with E-state index in [9.17, 15) is 0 Å². The molecule has 0 aromatic carbocycles. The van der Waals surface area contributed by atoms with Crippen LogP contribution in [0, 0.1) is 5.41 Å². The van der Waals surface area contributed by atoms with E-state index in [1.807, 2.05) is 11.8 Å². The van der Waals surface area contributed by atoms with Crippen LogP contribution in [0.1, 0.15) is 27.2 Å². The fourth-order valence-electron chi connectivity index (χ4n) is 0.560. The van der Waals surface area contributed by atoms with Gasteiger partial charge in [0, 0.05) is 5.33 Å². The molecule has 0 fully saturated rings. The first-order chi connectivity index (χ1) is 4.62. The second kappa shape index (κ2) is 5.48. The Bertz CT molecular complexity index is 81.3. The van der Waals surface area contributed by atoms with Gasteiger partial charge in [-0.25, -0.2) is 0 Å². The highest BCUT2D eigenvalue weighted by Crippen LogP contribution is 2.24. The van der Waals surface area contributed by atoms with Gasteiger partial charge in [-0.15, -0.1) is 0 Å². The normalized spacial score (nSPS) is 12.0. The van der Waals surface area contributed by atoms with Crippen LogP contribution < -0.4 is 0 Å². The Kier molecular flexibility index (Phi) is 5.93. The van der Waals surface area contributed by atoms with Crippen LogP contribution in [0.25, 0.3) is 0 Å². The predicted molar refractivity (Wildman–Crippen MR) is 55.2 cm³/mol. The Morgan fingerprint density at radius 3 is 2.40 bits per heavy atom. The summed E-state index contributed by atoms with van der Waals surface area (Å²) in [6, 6.07) is 0. The van der Waals surface area contributed by atoms with E-state index < -0.39 is 0 Å². The molecule has 0 rings (SSSR count). The molecule has 0 saturated carbocycles. The van der Waals surface area contributed by atoms with Crippen molar-refractivity contribution in [3.8, 4) is 0 Å². The lowest BCUT2D eigenvalue weighted by molar-refractivity contribution is 0.415. The van der Waals surface area contributed by atoms with E-state index in [-0.39, 0.29) is 0 Å². The first-order valence-electron chi connectivity index (χ1n) is 3.76. The van der Waals surface area contributed by atoms with Gasteiger partial charge in [-0.05, 0) is 23.3 Å². The molecular formula is C8H17BrS. The minimum Gasteiger partial charge on any atom is -0.162 e. The van der Waals surface area contributed by atoms with E-state index in [1.54, 1.807) is 0 Å². The number of hydrogen-bond acceptors (Lipinski definition) is 1. The molecule has 0 saturated heterocycles. The summed E-state index contributed by atoms with van der Waals surface area (Å²) < 4.78 is 0. The van der Waals surface area contributed by atoms with Crippen molar-refractivity contribution in [2.45, 2.75) is 27.2 Å². The number of rotatable bonds is 5. The summed E-state index contributed by atoms with van der Waals surface area (Å²) in [5.74, 6) is 2.55. The van der Waals surface area contributed by atoms with E-state index in [1.165, 1.54) is 17.9 Å². The van der Waals surface area contributed by atoms with Crippen LogP contribution >= 0.6 is 27.7 Å². The average molecular weight is 225 g/mol. The highest BCUT2D eigenvalue weighted by molar-refractivity contribution is 9.09. The fraction of sp³-hybridized carbons (Fsp3) is 1.00. The molecule has 0 bridgehead atoms. The van der Waals surface area contributed by atoms with Crippen molar-refractivity contribution in [3.05, 3.63) is 0 Å². The Hall–Kier alpha value is 0.830. The van der Waals surface area contributed by atoms with Crippen molar-refractivity contribution in [2.24, 2.45) is 5.41 Å². The molecule has 0 amide bonds. The van der Waals surface area contributed by atoms with Crippen LogP contribution in [0.4, 0.5) is 0 Å². The summed E-state index contributed by atoms with van der Waals surface area (Å²) in [5.41, 5.74) is 0.488. The number of halogens is 1. The second-order valence-corrected chi connectivity index (χ2v) is 5.20. The second-order valence-electron chi connectivity index (χ2n) is 3.24. The van der Waals surface area contributed by atoms with Gasteiger partial charge < -0.3 is 0 Å². The topological polar surface area (TPSA) is 0 Å². The largest absolute Gasteiger partial charge is 0.162 e. The standard InChI is InChI=1S/C8H17BrS/c1-4-10-6-5-8(2,3)7-9/h4-7H2,1-3H3. The van der Waals surface area contributed by atoms with Gasteiger partial charge in [0.1, 0.15) is 0 Å². The Morgan fingerprint density at radius 1 is 1.40 bits per heavy atom. The molecule has 0 spiro atoms. The van der Waals surface area contributed by atoms with Gasteiger partial charge in [0.05, 0.1) is 0 Å². The molecule has 0 radical (unpaired) electrons. The van der Waals surface area contributed by atoms with E-state index in [0.717, 1.165) is 5.33 Å². The lowest BCUT2D eigenvalue weighted by Crippen LogP contribution is -2.13. The van der Waals surface area contributed by atoms with E-state index in [0.29, 0.717) is 5.41 Å². The van der Waals surface area contributed by atoms with Gasteiger partial charge in [0.15, 0.2) is 0 Å². The van der Waals surface area contributed by atoms with Crippen LogP contribution in [0.15, 0.2) is 0 Å². The lowest BCUT2D eigenvalue weighted by atomic mass is 9.93. The highest BCUT2D eigenvalue weighted by atomic mass is 79.9. The Morgan fingerprint density at radius 2 is 2.00 bits per heavy atom. The summed E-state index contributed by atoms with van der Waals surface area (Å²) >= 11 is 5.54. The number of alkyl halides is 1. The molecule has 0 aliphatic rings. The highest BCUT2D eigenvalue weighted by Gasteiger charge is 2.14. The van der Waals surface area contributed by atoms with Crippen LogP contribution in [0.3, 0.4) is 0 Å². The molecule has 0 N–H and O–H groups in total. The maximum absolute atomic E-state index is 3.51. The van der Waals surface area contributed by atoms with Crippen molar-refractivity contribution in [2.75, 3.05) is 16.8 Å². The summed E-state index contributed by atoms with van der Waals surface area (Å²) in [4.78, 5) is 0. The van der Waals surface area contributed by atoms with E-state index >= 15 is 0 Å². The molecule has 0 atom stereocenters. The molecule has 0 aliphatic carbocycles. The van der Waals surface area contributed by atoms with Crippen molar-refractivity contribution < 1.29 is 0 Å². The Labute approximate surface area is 77.3 Å². The number of hydrogen-bond donors (Lipinski definition) is 0. The molecule has 10 heavy (non-hydrogen) atoms. The van der Waals surface area contributed by atoms with Gasteiger partial charge >= 0.3 is 0 Å². The van der Waals surface area contributed by atoms with Crippen LogP contribution in [-0.4, -0.2) is 16.8 Å². The first-order valence-corrected chi connectivity index (χ1v) is 6.03. The quantitative estimate of drug-likeness (QED) is 0.509. The molecule has 2 heteroatoms. The summed E-state index contributed by atoms with van der Waals surface area (Å²) in [7, 11) is 0. The SMILES string of the molecule is CCSCCC(C)(C)CBr. The van der Waals surface area contributed by atoms with Gasteiger partial charge in [0.25, 0.3) is 0 Å². The van der Waals surface area contributed by atoms with Gasteiger partial charge in [-0.2, -0.15) is 11.8 Å². The van der Waals surface area contributed by atoms with E-state index in [2.05, 4.69) is 36.7 Å². The summed E-state index contributed by atoms with van der Waals surface area (Å²) in [6.07, 6.45) is 1.32. The zero-order chi connectivity index (χ0) is 8.04. The molecule has 0 heterocycles. The van der Waals surface area contributed by atoms with Gasteiger partial charge in [-0.3, -0.25) is 0 Å². The van der Waals surface area contributed by atoms with Crippen LogP contribution in [0.2, 0.25) is 0 Å². The minimum absolute atomic E-state index is 0.488. The van der Waals surface area contributed by atoms with Crippen molar-refractivity contribution in [3.63, 3.8) is 0 Å². The molecule has 0 unspecified atom stereocenters. The zero-order valence-electron chi connectivity index (χ0n) is 7.11. The van der Waals surface area contributed by atoms with Crippen LogP contribution in [-0.2, 0) is 0 Å². The minimum atomic E-state index is 0.488. The van der Waals surface area contributed by atoms with E-state index in [4.69, 9.17) is 0 Å². The predicted octanol–water partition coefficient (Wildman–Crippen LogP) is 3.55. The van der Waals surface area contributed by atoms with Crippen molar-refractivity contribution in [1.29, 1.82) is 0 Å². The third kappa shape index (κ3) is 5.60. The van der Waals surface area contributed by atoms with Gasteiger partial charge in [-0.1, -0.05) is 36.7 Å². The third-order valence-corrected chi connectivity index (χ3v) is 3.91.